The van der Waals surface area contributed by atoms with Gasteiger partial charge in [-0.1, -0.05) is 0 Å². The van der Waals surface area contributed by atoms with Crippen LogP contribution in [-0.2, 0) is 9.05 Å². The van der Waals surface area contributed by atoms with E-state index < -0.39 is 14.0 Å². The molecule has 0 aliphatic rings. The predicted octanol–water partition coefficient (Wildman–Crippen LogP) is 2.14. The number of nitrogens with zero attached hydrogens (tertiary/aromatic N) is 1. The van der Waals surface area contributed by atoms with Crippen LogP contribution in [0.3, 0.4) is 0 Å². The van der Waals surface area contributed by atoms with Gasteiger partial charge in [-0.05, 0) is 25.5 Å². The number of nitro groups is 1. The van der Waals surface area contributed by atoms with E-state index in [1.807, 2.05) is 0 Å². The lowest BCUT2D eigenvalue weighted by Gasteiger charge is -2.04. The first-order valence-corrected chi connectivity index (χ1v) is 6.24. The molecule has 0 spiro atoms. The van der Waals surface area contributed by atoms with Crippen molar-refractivity contribution < 1.29 is 13.3 Å². The molecule has 0 saturated carbocycles. The summed E-state index contributed by atoms with van der Waals surface area (Å²) in [5.41, 5.74) is 0.420. The van der Waals surface area contributed by atoms with Crippen LogP contribution in [0.5, 0.6) is 0 Å². The number of benzene rings is 1. The van der Waals surface area contributed by atoms with Gasteiger partial charge in [-0.3, -0.25) is 10.1 Å². The fourth-order valence-electron chi connectivity index (χ4n) is 1.23. The van der Waals surface area contributed by atoms with Gasteiger partial charge >= 0.3 is 0 Å². The molecule has 0 saturated heterocycles. The minimum Gasteiger partial charge on any atom is -0.258 e. The van der Waals surface area contributed by atoms with Crippen molar-refractivity contribution in [3.8, 4) is 0 Å². The smallest absolute Gasteiger partial charge is 0.258 e. The van der Waals surface area contributed by atoms with Gasteiger partial charge in [-0.2, -0.15) is 0 Å². The predicted molar refractivity (Wildman–Crippen MR) is 55.6 cm³/mol. The van der Waals surface area contributed by atoms with E-state index in [4.69, 9.17) is 10.7 Å². The zero-order valence-corrected chi connectivity index (χ0v) is 9.59. The summed E-state index contributed by atoms with van der Waals surface area (Å²) < 4.78 is 22.2. The molecule has 1 rings (SSSR count). The minimum absolute atomic E-state index is 0.0905. The second kappa shape index (κ2) is 3.79. The summed E-state index contributed by atoms with van der Waals surface area (Å²) in [5, 5.41) is 10.6. The van der Waals surface area contributed by atoms with Crippen molar-refractivity contribution in [3.63, 3.8) is 0 Å². The van der Waals surface area contributed by atoms with E-state index in [0.717, 1.165) is 0 Å². The summed E-state index contributed by atoms with van der Waals surface area (Å²) >= 11 is 0. The van der Waals surface area contributed by atoms with E-state index in [0.29, 0.717) is 0 Å². The SMILES string of the molecule is Cc1cc(S(=O)(=O)Cl)c(C)cc1[N+](=O)[O-]. The Bertz CT molecular complexity index is 524. The summed E-state index contributed by atoms with van der Waals surface area (Å²) in [6, 6.07) is 2.40. The van der Waals surface area contributed by atoms with Crippen molar-refractivity contribution in [3.05, 3.63) is 33.4 Å². The van der Waals surface area contributed by atoms with Gasteiger partial charge in [0.2, 0.25) is 0 Å². The summed E-state index contributed by atoms with van der Waals surface area (Å²) in [4.78, 5) is 9.91. The van der Waals surface area contributed by atoms with Gasteiger partial charge in [-0.25, -0.2) is 8.42 Å². The largest absolute Gasteiger partial charge is 0.272 e. The van der Waals surface area contributed by atoms with Crippen molar-refractivity contribution in [2.75, 3.05) is 0 Å². The molecule has 0 unspecified atom stereocenters. The summed E-state index contributed by atoms with van der Waals surface area (Å²) in [6.45, 7) is 2.92. The van der Waals surface area contributed by atoms with Crippen molar-refractivity contribution in [1.29, 1.82) is 0 Å². The molecular formula is C8H8ClNO4S. The van der Waals surface area contributed by atoms with Crippen LogP contribution in [-0.4, -0.2) is 13.3 Å². The summed E-state index contributed by atoms with van der Waals surface area (Å²) in [5.74, 6) is 0. The van der Waals surface area contributed by atoms with Crippen LogP contribution >= 0.6 is 10.7 Å². The van der Waals surface area contributed by atoms with E-state index in [-0.39, 0.29) is 21.7 Å². The maximum Gasteiger partial charge on any atom is 0.272 e. The van der Waals surface area contributed by atoms with Gasteiger partial charge in [0.15, 0.2) is 0 Å². The third-order valence-electron chi connectivity index (χ3n) is 1.95. The Morgan fingerprint density at radius 1 is 1.27 bits per heavy atom. The van der Waals surface area contributed by atoms with Crippen LogP contribution in [0.15, 0.2) is 17.0 Å². The molecule has 0 aliphatic heterocycles. The van der Waals surface area contributed by atoms with Gasteiger partial charge in [0.05, 0.1) is 9.82 Å². The van der Waals surface area contributed by atoms with Crippen molar-refractivity contribution >= 4 is 25.4 Å². The van der Waals surface area contributed by atoms with Gasteiger partial charge in [0.25, 0.3) is 14.7 Å². The number of nitro benzene ring substituents is 1. The lowest BCUT2D eigenvalue weighted by Crippen LogP contribution is -1.99. The molecule has 0 amide bonds. The zero-order chi connectivity index (χ0) is 11.8. The maximum atomic E-state index is 11.1. The van der Waals surface area contributed by atoms with E-state index in [2.05, 4.69) is 0 Å². The third-order valence-corrected chi connectivity index (χ3v) is 3.42. The molecule has 0 atom stereocenters. The van der Waals surface area contributed by atoms with Gasteiger partial charge < -0.3 is 0 Å². The lowest BCUT2D eigenvalue weighted by atomic mass is 10.1. The molecule has 82 valence electrons. The molecular weight excluding hydrogens is 242 g/mol. The van der Waals surface area contributed by atoms with E-state index in [1.54, 1.807) is 0 Å². The van der Waals surface area contributed by atoms with Crippen LogP contribution in [0.1, 0.15) is 11.1 Å². The molecule has 0 bridgehead atoms. The normalized spacial score (nSPS) is 11.4. The number of halogens is 1. The first-order valence-electron chi connectivity index (χ1n) is 3.94. The Balaban J connectivity index is 3.52. The highest BCUT2D eigenvalue weighted by Gasteiger charge is 2.19. The Morgan fingerprint density at radius 2 is 1.80 bits per heavy atom. The second-order valence-electron chi connectivity index (χ2n) is 3.10. The molecule has 0 radical (unpaired) electrons. The molecule has 0 N–H and O–H groups in total. The van der Waals surface area contributed by atoms with Gasteiger partial charge in [0, 0.05) is 22.3 Å². The number of hydrogen-bond acceptors (Lipinski definition) is 4. The van der Waals surface area contributed by atoms with Crippen LogP contribution in [0.2, 0.25) is 0 Å². The first kappa shape index (κ1) is 11.9. The molecule has 0 aliphatic carbocycles. The standard InChI is InChI=1S/C8H8ClNO4S/c1-5-4-8(15(9,13)14)6(2)3-7(5)10(11)12/h3-4H,1-2H3. The highest BCUT2D eigenvalue weighted by atomic mass is 35.7. The van der Waals surface area contributed by atoms with Crippen molar-refractivity contribution in [2.24, 2.45) is 0 Å². The quantitative estimate of drug-likeness (QED) is 0.457. The molecule has 1 aromatic rings. The fraction of sp³-hybridized carbons (Fsp3) is 0.250. The van der Waals surface area contributed by atoms with E-state index >= 15 is 0 Å². The number of aryl methyl sites for hydroxylation is 2. The Kier molecular flexibility index (Phi) is 3.01. The van der Waals surface area contributed by atoms with Gasteiger partial charge in [-0.15, -0.1) is 0 Å². The average molecular weight is 250 g/mol. The maximum absolute atomic E-state index is 11.1. The van der Waals surface area contributed by atoms with Crippen LogP contribution in [0, 0.1) is 24.0 Å². The molecule has 7 heteroatoms. The fourth-order valence-corrected chi connectivity index (χ4v) is 2.49. The highest BCUT2D eigenvalue weighted by molar-refractivity contribution is 8.13. The molecule has 15 heavy (non-hydrogen) atoms. The molecule has 5 nitrogen and oxygen atoms in total. The van der Waals surface area contributed by atoms with Crippen LogP contribution in [0.25, 0.3) is 0 Å². The van der Waals surface area contributed by atoms with Crippen LogP contribution in [0.4, 0.5) is 5.69 Å². The van der Waals surface area contributed by atoms with E-state index in [1.165, 1.54) is 26.0 Å². The monoisotopic (exact) mass is 249 g/mol. The van der Waals surface area contributed by atoms with Crippen LogP contribution < -0.4 is 0 Å². The molecule has 0 aromatic heterocycles. The Hall–Kier alpha value is -1.14. The van der Waals surface area contributed by atoms with Crippen molar-refractivity contribution in [1.82, 2.24) is 0 Å². The molecule has 0 fully saturated rings. The number of hydrogen-bond donors (Lipinski definition) is 0. The zero-order valence-electron chi connectivity index (χ0n) is 8.02. The number of rotatable bonds is 2. The first-order chi connectivity index (χ1) is 6.73. The highest BCUT2D eigenvalue weighted by Crippen LogP contribution is 2.27. The molecule has 0 heterocycles. The third kappa shape index (κ3) is 2.45. The average Bonchev–Trinajstić information content (AvgIpc) is 2.06. The van der Waals surface area contributed by atoms with Gasteiger partial charge in [0.1, 0.15) is 0 Å². The topological polar surface area (TPSA) is 77.3 Å². The minimum atomic E-state index is -3.85. The van der Waals surface area contributed by atoms with E-state index in [9.17, 15) is 18.5 Å². The summed E-state index contributed by atoms with van der Waals surface area (Å²) in [6.07, 6.45) is 0. The molecule has 1 aromatic carbocycles. The summed E-state index contributed by atoms with van der Waals surface area (Å²) in [7, 11) is 1.32. The lowest BCUT2D eigenvalue weighted by molar-refractivity contribution is -0.385. The Labute approximate surface area is 91.2 Å². The second-order valence-corrected chi connectivity index (χ2v) is 5.63. The van der Waals surface area contributed by atoms with Crippen molar-refractivity contribution in [2.45, 2.75) is 18.7 Å². The Morgan fingerprint density at radius 3 is 2.20 bits per heavy atom.